The van der Waals surface area contributed by atoms with Crippen LogP contribution >= 0.6 is 18.9 Å². The highest BCUT2D eigenvalue weighted by Crippen LogP contribution is 2.50. The third-order valence-electron chi connectivity index (χ3n) is 15.6. The van der Waals surface area contributed by atoms with Crippen LogP contribution < -0.4 is 32.3 Å². The van der Waals surface area contributed by atoms with Gasteiger partial charge in [0.25, 0.3) is 17.3 Å². The van der Waals surface area contributed by atoms with Crippen LogP contribution in [0, 0.1) is 29.6 Å². The summed E-state index contributed by atoms with van der Waals surface area (Å²) in [5, 5.41) is 13.5. The van der Waals surface area contributed by atoms with Gasteiger partial charge in [0.05, 0.1) is 4.88 Å². The fraction of sp³-hybridized carbons (Fsp3) is 0.429. The molecule has 9 N–H and O–H groups in total. The van der Waals surface area contributed by atoms with Crippen LogP contribution in [-0.4, -0.2) is 134 Å². The Balaban J connectivity index is 0.826. The first-order valence-corrected chi connectivity index (χ1v) is 29.2. The molecule has 0 radical (unpaired) electrons. The summed E-state index contributed by atoms with van der Waals surface area (Å²) in [7, 11) is -5.06. The van der Waals surface area contributed by atoms with Crippen molar-refractivity contribution in [2.45, 2.75) is 108 Å². The van der Waals surface area contributed by atoms with E-state index < -0.39 is 85.4 Å². The topological polar surface area (TPSA) is 324 Å². The van der Waals surface area contributed by atoms with E-state index in [-0.39, 0.29) is 78.3 Å². The summed E-state index contributed by atoms with van der Waals surface area (Å²) in [6.07, 6.45) is 5.17. The van der Waals surface area contributed by atoms with Crippen LogP contribution in [0.3, 0.4) is 0 Å². The molecule has 1 aromatic heterocycles. The number of thiophene rings is 1. The van der Waals surface area contributed by atoms with E-state index in [1.807, 2.05) is 13.0 Å². The summed E-state index contributed by atoms with van der Waals surface area (Å²) < 4.78 is 12.2. The first-order valence-electron chi connectivity index (χ1n) is 26.8. The maximum atomic E-state index is 14.5. The van der Waals surface area contributed by atoms with E-state index in [2.05, 4.69) is 38.4 Å². The quantitative estimate of drug-likeness (QED) is 0.0381. The van der Waals surface area contributed by atoms with Crippen molar-refractivity contribution in [1.82, 2.24) is 41.3 Å². The van der Waals surface area contributed by atoms with Crippen LogP contribution in [0.2, 0.25) is 0 Å². The number of hydrogen-bond donors (Lipinski definition) is 8. The highest BCUT2D eigenvalue weighted by Gasteiger charge is 2.58. The van der Waals surface area contributed by atoms with Gasteiger partial charge in [-0.05, 0) is 109 Å². The van der Waals surface area contributed by atoms with Crippen molar-refractivity contribution in [1.29, 1.82) is 0 Å². The van der Waals surface area contributed by atoms with Crippen LogP contribution in [0.25, 0.3) is 10.1 Å². The summed E-state index contributed by atoms with van der Waals surface area (Å²) in [6.45, 7) is 2.70. The molecule has 0 bridgehead atoms. The molecule has 7 atom stereocenters. The van der Waals surface area contributed by atoms with Gasteiger partial charge in [-0.25, -0.2) is 4.79 Å². The van der Waals surface area contributed by atoms with Gasteiger partial charge in [0.15, 0.2) is 0 Å². The molecule has 10 amide bonds. The Kier molecular flexibility index (Phi) is 17.3. The number of likely N-dealkylation sites (tertiary alicyclic amines) is 2. The van der Waals surface area contributed by atoms with E-state index >= 15 is 0 Å². The molecule has 22 nitrogen and oxygen atoms in total. The molecule has 4 aliphatic heterocycles. The molecule has 4 aromatic rings. The van der Waals surface area contributed by atoms with Gasteiger partial charge in [0.2, 0.25) is 35.4 Å². The molecule has 80 heavy (non-hydrogen) atoms. The number of urea groups is 1. The Hall–Kier alpha value is -7.77. The van der Waals surface area contributed by atoms with Gasteiger partial charge >= 0.3 is 13.6 Å². The number of imide groups is 1. The van der Waals surface area contributed by atoms with E-state index in [1.54, 1.807) is 47.4 Å². The third kappa shape index (κ3) is 12.8. The van der Waals surface area contributed by atoms with E-state index in [9.17, 15) is 62.3 Å². The highest BCUT2D eigenvalue weighted by atomic mass is 32.1. The summed E-state index contributed by atoms with van der Waals surface area (Å²) in [6, 6.07) is 13.0. The van der Waals surface area contributed by atoms with Gasteiger partial charge < -0.3 is 51.5 Å². The lowest BCUT2D eigenvalue weighted by atomic mass is 9.91. The lowest BCUT2D eigenvalue weighted by Gasteiger charge is -2.35. The Bertz CT molecular complexity index is 3270. The predicted octanol–water partition coefficient (Wildman–Crippen LogP) is 3.20. The zero-order chi connectivity index (χ0) is 57.0. The Labute approximate surface area is 464 Å². The first-order chi connectivity index (χ1) is 38.3. The van der Waals surface area contributed by atoms with Gasteiger partial charge in [0.1, 0.15) is 30.2 Å². The molecule has 3 aromatic carbocycles. The Morgan fingerprint density at radius 2 is 1.66 bits per heavy atom. The van der Waals surface area contributed by atoms with Gasteiger partial charge in [0, 0.05) is 67.0 Å². The van der Waals surface area contributed by atoms with E-state index in [0.29, 0.717) is 78.4 Å². The minimum Gasteiger partial charge on any atom is -0.352 e. The zero-order valence-electron chi connectivity index (χ0n) is 43.8. The highest BCUT2D eigenvalue weighted by molar-refractivity contribution is 7.70. The van der Waals surface area contributed by atoms with Crippen molar-refractivity contribution in [3.63, 3.8) is 0 Å². The number of fused-ring (bicyclic) bond motifs is 3. The Morgan fingerprint density at radius 1 is 0.900 bits per heavy atom. The molecule has 24 heteroatoms. The normalized spacial score (nSPS) is 20.8. The largest absolute Gasteiger partial charge is 0.396 e. The third-order valence-corrected chi connectivity index (χ3v) is 17.5. The number of unbranched alkanes of at least 4 members (excludes halogenated alkanes) is 1. The minimum absolute atomic E-state index is 0.0112. The van der Waals surface area contributed by atoms with E-state index in [1.165, 1.54) is 34.1 Å². The predicted molar refractivity (Wildman–Crippen MR) is 291 cm³/mol. The van der Waals surface area contributed by atoms with Crippen LogP contribution in [0.1, 0.15) is 124 Å². The number of nitrogens with two attached hydrogens (primary N) is 1. The van der Waals surface area contributed by atoms with Gasteiger partial charge in [-0.3, -0.25) is 53.0 Å². The van der Waals surface area contributed by atoms with E-state index in [4.69, 9.17) is 5.73 Å². The van der Waals surface area contributed by atoms with Crippen LogP contribution in [0.15, 0.2) is 72.8 Å². The molecule has 0 spiro atoms. The summed E-state index contributed by atoms with van der Waals surface area (Å²) >= 11 is 1.06. The lowest BCUT2D eigenvalue weighted by Crippen LogP contribution is -2.60. The van der Waals surface area contributed by atoms with Crippen molar-refractivity contribution in [3.05, 3.63) is 105 Å². The lowest BCUT2D eigenvalue weighted by molar-refractivity contribution is -0.142. The number of piperidine rings is 3. The number of carbonyl (C=O) groups excluding carboxylic acids is 10. The molecule has 3 saturated heterocycles. The number of amides is 10. The van der Waals surface area contributed by atoms with Crippen molar-refractivity contribution in [3.8, 4) is 11.8 Å². The van der Waals surface area contributed by atoms with Crippen molar-refractivity contribution in [2.24, 2.45) is 23.5 Å². The summed E-state index contributed by atoms with van der Waals surface area (Å²) in [5.74, 6) is 2.40. The van der Waals surface area contributed by atoms with E-state index in [0.717, 1.165) is 23.3 Å². The van der Waals surface area contributed by atoms with Gasteiger partial charge in [-0.15, -0.1) is 11.3 Å². The van der Waals surface area contributed by atoms with Crippen molar-refractivity contribution < 1.29 is 62.3 Å². The fourth-order valence-corrected chi connectivity index (χ4v) is 12.6. The molecule has 9 rings (SSSR count). The molecule has 420 valence electrons. The Morgan fingerprint density at radius 3 is 2.38 bits per heavy atom. The number of carbonyl (C=O) groups is 10. The second-order valence-corrected chi connectivity index (χ2v) is 23.6. The van der Waals surface area contributed by atoms with Gasteiger partial charge in [-0.2, -0.15) is 0 Å². The number of rotatable bonds is 19. The SMILES string of the molecule is CCCC[C@H](NC(=O)c1cc2cc(C(=O)P(=O)(O)O)ccc2s1)C(=O)N1C[C@@H]2C[C@@H]2[C@H]1C(=O)N[C@@H](CNC(N)=O)C(=O)N[C@H](C(=O)N1CCC(CCC#Cc2cccc3c2CN(C2CCC(=O)NC2=O)C3=O)CC1)c1ccccc1. The molecule has 5 aliphatic rings. The second kappa shape index (κ2) is 24.3. The number of primary amides is 1. The summed E-state index contributed by atoms with van der Waals surface area (Å²) in [5.41, 5.74) is 6.28. The van der Waals surface area contributed by atoms with Crippen molar-refractivity contribution in [2.75, 3.05) is 26.2 Å². The number of nitrogens with one attached hydrogen (secondary N) is 5. The smallest absolute Gasteiger partial charge is 0.352 e. The molecule has 1 saturated carbocycles. The number of hydrogen-bond acceptors (Lipinski definition) is 12. The molecule has 1 aliphatic carbocycles. The zero-order valence-corrected chi connectivity index (χ0v) is 45.5. The van der Waals surface area contributed by atoms with Crippen LogP contribution in [-0.2, 0) is 39.9 Å². The average Bonchev–Trinajstić information content (AvgIpc) is 3.75. The first kappa shape index (κ1) is 56.9. The maximum absolute atomic E-state index is 14.5. The summed E-state index contributed by atoms with van der Waals surface area (Å²) in [4.78, 5) is 157. The fourth-order valence-electron chi connectivity index (χ4n) is 11.2. The number of benzene rings is 3. The molecular weight excluding hydrogens is 1070 g/mol. The average molecular weight is 1130 g/mol. The molecule has 1 unspecified atom stereocenters. The van der Waals surface area contributed by atoms with Gasteiger partial charge in [-0.1, -0.05) is 68.0 Å². The number of nitrogens with zero attached hydrogens (tertiary/aromatic N) is 3. The maximum Gasteiger partial charge on any atom is 0.396 e. The minimum atomic E-state index is -5.06. The standard InChI is InChI=1S/C56H62N9O13PS/c1-2-3-16-40(59-50(69)44-27-35-25-34(17-19-43(35)80-44)55(74)79(76,77)78)53(72)65-29-36-26-38(36)47(65)51(70)60-41(28-58-56(57)75)48(67)62-46(33-12-5-4-6-13-33)54(73)63-23-21-31(22-24-63)10-7-8-11-32-14-9-15-37-39(32)30-64(52(37)71)42-18-20-45(66)61-49(42)68/h4-6,9,12-15,17,19,25,27,31,36,38,40-42,46-47H,2-3,7,10,16,18,20-24,26,28-30H2,1H3,(H,59,69)(H,60,70)(H,62,67)(H3,57,58,75)(H,61,66,68)(H2,76,77,78)/t36-,38-,40-,41-,42?,46-,47-/m0/s1. The van der Waals surface area contributed by atoms with Crippen molar-refractivity contribution >= 4 is 87.8 Å². The molecular formula is C56H62N9O13PS. The molecule has 5 heterocycles. The second-order valence-electron chi connectivity index (χ2n) is 21.0. The van der Waals surface area contributed by atoms with Crippen LogP contribution in [0.4, 0.5) is 4.79 Å². The monoisotopic (exact) mass is 1130 g/mol. The van der Waals surface area contributed by atoms with Crippen LogP contribution in [0.5, 0.6) is 0 Å². The molecule has 4 fully saturated rings.